The van der Waals surface area contributed by atoms with E-state index in [4.69, 9.17) is 9.84 Å². The van der Waals surface area contributed by atoms with Gasteiger partial charge in [-0.1, -0.05) is 6.07 Å². The Morgan fingerprint density at radius 1 is 1.15 bits per heavy atom. The molecule has 0 spiro atoms. The number of hydrogen-bond donors (Lipinski definition) is 1. The molecule has 8 heteroatoms. The number of nitrogens with zero attached hydrogens (tertiary/aromatic N) is 1. The van der Waals surface area contributed by atoms with E-state index in [0.717, 1.165) is 12.1 Å². The van der Waals surface area contributed by atoms with Gasteiger partial charge in [0.2, 0.25) is 0 Å². The highest BCUT2D eigenvalue weighted by Gasteiger charge is 2.33. The lowest BCUT2D eigenvalue weighted by Crippen LogP contribution is -2.23. The Bertz CT molecular complexity index is 862. The molecule has 0 saturated carbocycles. The molecule has 0 aliphatic carbocycles. The van der Waals surface area contributed by atoms with Crippen molar-refractivity contribution < 1.29 is 32.6 Å². The summed E-state index contributed by atoms with van der Waals surface area (Å²) in [4.78, 5) is 24.6. The van der Waals surface area contributed by atoms with E-state index in [9.17, 15) is 22.8 Å². The number of anilines is 1. The van der Waals surface area contributed by atoms with Crippen LogP contribution in [0.1, 0.15) is 34.3 Å². The molecule has 1 N–H and O–H groups in total. The summed E-state index contributed by atoms with van der Waals surface area (Å²) < 4.78 is 43.7. The van der Waals surface area contributed by atoms with Crippen LogP contribution in [-0.4, -0.2) is 23.6 Å². The smallest absolute Gasteiger partial charge is 0.416 e. The minimum atomic E-state index is -4.44. The normalized spacial score (nSPS) is 13.6. The minimum absolute atomic E-state index is 0.0222. The van der Waals surface area contributed by atoms with Crippen molar-refractivity contribution >= 4 is 17.6 Å². The number of alkyl halides is 3. The van der Waals surface area contributed by atoms with E-state index in [1.807, 2.05) is 0 Å². The van der Waals surface area contributed by atoms with E-state index in [1.54, 1.807) is 18.2 Å². The van der Waals surface area contributed by atoms with Gasteiger partial charge in [0.1, 0.15) is 5.75 Å². The molecule has 5 nitrogen and oxygen atoms in total. The summed E-state index contributed by atoms with van der Waals surface area (Å²) in [5.74, 6) is -0.762. The molecule has 0 unspecified atom stereocenters. The topological polar surface area (TPSA) is 66.8 Å². The molecule has 1 amide bonds. The lowest BCUT2D eigenvalue weighted by atomic mass is 10.1. The van der Waals surface area contributed by atoms with Crippen LogP contribution in [-0.2, 0) is 17.5 Å². The van der Waals surface area contributed by atoms with Gasteiger partial charge in [0.15, 0.2) is 0 Å². The first-order chi connectivity index (χ1) is 12.8. The molecule has 0 atom stereocenters. The molecular formula is C19H16F3NO4. The zero-order chi connectivity index (χ0) is 19.6. The second kappa shape index (κ2) is 7.30. The largest absolute Gasteiger partial charge is 0.493 e. The molecule has 0 fully saturated rings. The van der Waals surface area contributed by atoms with Crippen LogP contribution >= 0.6 is 0 Å². The molecule has 142 valence electrons. The highest BCUT2D eigenvalue weighted by atomic mass is 19.4. The third-order valence-corrected chi connectivity index (χ3v) is 4.22. The number of rotatable bonds is 6. The summed E-state index contributed by atoms with van der Waals surface area (Å²) in [6.45, 7) is 0.367. The van der Waals surface area contributed by atoms with Gasteiger partial charge in [-0.3, -0.25) is 9.59 Å². The zero-order valence-electron chi connectivity index (χ0n) is 14.1. The maximum atomic E-state index is 12.7. The molecule has 0 saturated heterocycles. The molecule has 1 aliphatic rings. The Morgan fingerprint density at radius 3 is 2.48 bits per heavy atom. The molecule has 2 aromatic rings. The Kier molecular flexibility index (Phi) is 5.07. The molecule has 0 aromatic heterocycles. The maximum Gasteiger partial charge on any atom is 0.416 e. The summed E-state index contributed by atoms with van der Waals surface area (Å²) in [5, 5.41) is 8.65. The van der Waals surface area contributed by atoms with Crippen LogP contribution in [0.5, 0.6) is 5.75 Å². The average molecular weight is 379 g/mol. The van der Waals surface area contributed by atoms with Crippen LogP contribution in [0.4, 0.5) is 18.9 Å². The van der Waals surface area contributed by atoms with E-state index in [-0.39, 0.29) is 25.5 Å². The van der Waals surface area contributed by atoms with Gasteiger partial charge in [0.25, 0.3) is 5.91 Å². The average Bonchev–Trinajstić information content (AvgIpc) is 2.96. The molecule has 3 rings (SSSR count). The predicted molar refractivity (Wildman–Crippen MR) is 90.8 cm³/mol. The van der Waals surface area contributed by atoms with E-state index in [2.05, 4.69) is 0 Å². The number of carboxylic acid groups (broad SMARTS) is 1. The molecule has 27 heavy (non-hydrogen) atoms. The SMILES string of the molecule is O=C(O)CCCOc1cccc2c1CN(c1ccc(C(F)(F)F)cc1)C2=O. The number of halogens is 3. The third kappa shape index (κ3) is 4.05. The van der Waals surface area contributed by atoms with Gasteiger partial charge in [-0.05, 0) is 42.8 Å². The van der Waals surface area contributed by atoms with E-state index in [1.165, 1.54) is 17.0 Å². The maximum absolute atomic E-state index is 12.7. The summed E-state index contributed by atoms with van der Waals surface area (Å²) >= 11 is 0. The van der Waals surface area contributed by atoms with E-state index in [0.29, 0.717) is 29.0 Å². The van der Waals surface area contributed by atoms with Gasteiger partial charge in [-0.2, -0.15) is 13.2 Å². The number of carbonyl (C=O) groups excluding carboxylic acids is 1. The van der Waals surface area contributed by atoms with Crippen molar-refractivity contribution in [1.82, 2.24) is 0 Å². The first-order valence-electron chi connectivity index (χ1n) is 8.23. The number of hydrogen-bond acceptors (Lipinski definition) is 3. The monoisotopic (exact) mass is 379 g/mol. The molecule has 1 aliphatic heterocycles. The first-order valence-corrected chi connectivity index (χ1v) is 8.23. The third-order valence-electron chi connectivity index (χ3n) is 4.22. The van der Waals surface area contributed by atoms with E-state index >= 15 is 0 Å². The Morgan fingerprint density at radius 2 is 1.85 bits per heavy atom. The van der Waals surface area contributed by atoms with Crippen LogP contribution in [0.15, 0.2) is 42.5 Å². The molecule has 0 radical (unpaired) electrons. The first kappa shape index (κ1) is 18.8. The number of fused-ring (bicyclic) bond motifs is 1. The van der Waals surface area contributed by atoms with Gasteiger partial charge < -0.3 is 14.7 Å². The number of carboxylic acids is 1. The van der Waals surface area contributed by atoms with Crippen molar-refractivity contribution in [2.24, 2.45) is 0 Å². The second-order valence-corrected chi connectivity index (χ2v) is 6.06. The van der Waals surface area contributed by atoms with Gasteiger partial charge >= 0.3 is 12.1 Å². The van der Waals surface area contributed by atoms with Crippen LogP contribution in [0.3, 0.4) is 0 Å². The fourth-order valence-electron chi connectivity index (χ4n) is 2.88. The number of ether oxygens (including phenoxy) is 1. The predicted octanol–water partition coefficient (Wildman–Crippen LogP) is 4.11. The molecular weight excluding hydrogens is 363 g/mol. The highest BCUT2D eigenvalue weighted by Crippen LogP contribution is 2.36. The Balaban J connectivity index is 1.76. The van der Waals surface area contributed by atoms with Crippen molar-refractivity contribution in [3.05, 3.63) is 59.2 Å². The van der Waals surface area contributed by atoms with Crippen LogP contribution in [0.25, 0.3) is 0 Å². The van der Waals surface area contributed by atoms with Crippen LogP contribution in [0, 0.1) is 0 Å². The van der Waals surface area contributed by atoms with Crippen molar-refractivity contribution in [2.45, 2.75) is 25.6 Å². The molecule has 1 heterocycles. The lowest BCUT2D eigenvalue weighted by Gasteiger charge is -2.17. The lowest BCUT2D eigenvalue weighted by molar-refractivity contribution is -0.138. The standard InChI is InChI=1S/C19H16F3NO4/c20-19(21,22)12-6-8-13(9-7-12)23-11-15-14(18(23)26)3-1-4-16(15)27-10-2-5-17(24)25/h1,3-4,6-9H,2,5,10-11H2,(H,24,25). The zero-order valence-corrected chi connectivity index (χ0v) is 14.1. The number of benzene rings is 2. The number of aliphatic carboxylic acids is 1. The number of carbonyl (C=O) groups is 2. The van der Waals surface area contributed by atoms with Crippen molar-refractivity contribution in [1.29, 1.82) is 0 Å². The highest BCUT2D eigenvalue weighted by molar-refractivity contribution is 6.10. The van der Waals surface area contributed by atoms with Gasteiger partial charge in [0, 0.05) is 23.2 Å². The fraction of sp³-hybridized carbons (Fsp3) is 0.263. The Labute approximate surface area is 153 Å². The number of amides is 1. The fourth-order valence-corrected chi connectivity index (χ4v) is 2.88. The van der Waals surface area contributed by atoms with Crippen molar-refractivity contribution in [3.63, 3.8) is 0 Å². The molecule has 0 bridgehead atoms. The molecule has 2 aromatic carbocycles. The van der Waals surface area contributed by atoms with Crippen LogP contribution in [0.2, 0.25) is 0 Å². The van der Waals surface area contributed by atoms with Crippen molar-refractivity contribution in [2.75, 3.05) is 11.5 Å². The van der Waals surface area contributed by atoms with Gasteiger partial charge in [0.05, 0.1) is 18.7 Å². The summed E-state index contributed by atoms with van der Waals surface area (Å²) in [7, 11) is 0. The van der Waals surface area contributed by atoms with Gasteiger partial charge in [-0.15, -0.1) is 0 Å². The van der Waals surface area contributed by atoms with Gasteiger partial charge in [-0.25, -0.2) is 0 Å². The second-order valence-electron chi connectivity index (χ2n) is 6.06. The van der Waals surface area contributed by atoms with E-state index < -0.39 is 17.7 Å². The van der Waals surface area contributed by atoms with Crippen molar-refractivity contribution in [3.8, 4) is 5.75 Å². The quantitative estimate of drug-likeness (QED) is 0.767. The summed E-state index contributed by atoms with van der Waals surface area (Å²) in [6, 6.07) is 9.37. The Hall–Kier alpha value is -3.03. The summed E-state index contributed by atoms with van der Waals surface area (Å²) in [6.07, 6.45) is -4.13. The summed E-state index contributed by atoms with van der Waals surface area (Å²) in [5.41, 5.74) is 0.641. The van der Waals surface area contributed by atoms with Crippen LogP contribution < -0.4 is 9.64 Å². The minimum Gasteiger partial charge on any atom is -0.493 e.